The molecule has 0 aromatic heterocycles. The molecule has 10 aromatic carbocycles. The molecule has 51 heavy (non-hydrogen) atoms. The average Bonchev–Trinajstić information content (AvgIpc) is 3.68. The van der Waals surface area contributed by atoms with Crippen LogP contribution in [0.5, 0.6) is 0 Å². The van der Waals surface area contributed by atoms with Crippen LogP contribution in [0.4, 0.5) is 0 Å². The number of rotatable bonds is 1. The Morgan fingerprint density at radius 1 is 0.255 bits per heavy atom. The van der Waals surface area contributed by atoms with Crippen LogP contribution >= 0.6 is 0 Å². The van der Waals surface area contributed by atoms with Gasteiger partial charge in [-0.2, -0.15) is 0 Å². The van der Waals surface area contributed by atoms with Crippen LogP contribution in [0.15, 0.2) is 182 Å². The van der Waals surface area contributed by atoms with E-state index in [1.54, 1.807) is 0 Å². The Kier molecular flexibility index (Phi) is 5.26. The van der Waals surface area contributed by atoms with E-state index >= 15 is 0 Å². The van der Waals surface area contributed by atoms with Gasteiger partial charge in [-0.1, -0.05) is 170 Å². The van der Waals surface area contributed by atoms with Crippen molar-refractivity contribution in [2.75, 3.05) is 0 Å². The van der Waals surface area contributed by atoms with Crippen LogP contribution < -0.4 is 0 Å². The molecule has 0 fully saturated rings. The Bertz CT molecular complexity index is 3060. The molecule has 2 aliphatic rings. The van der Waals surface area contributed by atoms with E-state index in [9.17, 15) is 0 Å². The van der Waals surface area contributed by atoms with E-state index in [2.05, 4.69) is 182 Å². The number of hydrogen-bond donors (Lipinski definition) is 0. The highest BCUT2D eigenvalue weighted by Gasteiger charge is 2.52. The molecule has 0 unspecified atom stereocenters. The lowest BCUT2D eigenvalue weighted by Crippen LogP contribution is -2.26. The second-order valence-corrected chi connectivity index (χ2v) is 14.3. The van der Waals surface area contributed by atoms with E-state index in [-0.39, 0.29) is 0 Å². The Balaban J connectivity index is 1.26. The summed E-state index contributed by atoms with van der Waals surface area (Å²) in [6.45, 7) is 0. The molecule has 0 heteroatoms. The van der Waals surface area contributed by atoms with E-state index < -0.39 is 5.41 Å². The van der Waals surface area contributed by atoms with Gasteiger partial charge in [0.05, 0.1) is 5.41 Å². The van der Waals surface area contributed by atoms with E-state index in [0.29, 0.717) is 0 Å². The highest BCUT2D eigenvalue weighted by Crippen LogP contribution is 2.65. The lowest BCUT2D eigenvalue weighted by atomic mass is 9.70. The Hall–Kier alpha value is -6.50. The second-order valence-electron chi connectivity index (χ2n) is 14.3. The van der Waals surface area contributed by atoms with Crippen molar-refractivity contribution in [3.05, 3.63) is 204 Å². The SMILES string of the molecule is c1ccc2c(c1)-c1ccccc1C21c2ccc3ccccc3c2-c2c1cc(-c1ccc3c4ccccc4c4ccccc4c3c1)c1ccccc21. The Labute approximate surface area is 295 Å². The van der Waals surface area contributed by atoms with Gasteiger partial charge in [-0.15, -0.1) is 0 Å². The topological polar surface area (TPSA) is 0 Å². The second kappa shape index (κ2) is 9.81. The molecule has 10 aromatic rings. The zero-order valence-corrected chi connectivity index (χ0v) is 27.8. The molecule has 12 rings (SSSR count). The molecule has 0 saturated carbocycles. The lowest BCUT2D eigenvalue weighted by molar-refractivity contribution is 0.795. The first-order chi connectivity index (χ1) is 25.3. The molecule has 234 valence electrons. The largest absolute Gasteiger partial charge is 0.0726 e. The number of fused-ring (bicyclic) bond motifs is 20. The van der Waals surface area contributed by atoms with E-state index in [4.69, 9.17) is 0 Å². The van der Waals surface area contributed by atoms with E-state index in [0.717, 1.165) is 0 Å². The molecule has 0 bridgehead atoms. The first-order valence-corrected chi connectivity index (χ1v) is 17.9. The normalized spacial score (nSPS) is 13.6. The third kappa shape index (κ3) is 3.35. The van der Waals surface area contributed by atoms with Crippen molar-refractivity contribution < 1.29 is 0 Å². The van der Waals surface area contributed by atoms with Crippen LogP contribution in [0.25, 0.3) is 87.2 Å². The molecule has 0 heterocycles. The van der Waals surface area contributed by atoms with Crippen molar-refractivity contribution >= 4 is 53.9 Å². The first kappa shape index (κ1) is 27.3. The van der Waals surface area contributed by atoms with E-state index in [1.807, 2.05) is 0 Å². The predicted molar refractivity (Wildman–Crippen MR) is 216 cm³/mol. The minimum atomic E-state index is -0.430. The Morgan fingerprint density at radius 3 is 1.41 bits per heavy atom. The zero-order chi connectivity index (χ0) is 33.3. The predicted octanol–water partition coefficient (Wildman–Crippen LogP) is 13.5. The van der Waals surface area contributed by atoms with Crippen molar-refractivity contribution in [3.8, 4) is 33.4 Å². The van der Waals surface area contributed by atoms with Gasteiger partial charge in [0.15, 0.2) is 0 Å². The molecule has 0 N–H and O–H groups in total. The quantitative estimate of drug-likeness (QED) is 0.156. The molecular formula is C51H30. The van der Waals surface area contributed by atoms with Crippen LogP contribution in [0.3, 0.4) is 0 Å². The number of benzene rings is 10. The molecule has 0 aliphatic heterocycles. The van der Waals surface area contributed by atoms with Crippen molar-refractivity contribution in [2.24, 2.45) is 0 Å². The maximum absolute atomic E-state index is 2.57. The van der Waals surface area contributed by atoms with Gasteiger partial charge in [-0.05, 0) is 122 Å². The molecule has 0 atom stereocenters. The smallest absolute Gasteiger partial charge is 0.0619 e. The summed E-state index contributed by atoms with van der Waals surface area (Å²) in [5.74, 6) is 0. The summed E-state index contributed by atoms with van der Waals surface area (Å²) < 4.78 is 0. The van der Waals surface area contributed by atoms with Crippen molar-refractivity contribution in [1.29, 1.82) is 0 Å². The fraction of sp³-hybridized carbons (Fsp3) is 0.0196. The van der Waals surface area contributed by atoms with Gasteiger partial charge in [0.2, 0.25) is 0 Å². The summed E-state index contributed by atoms with van der Waals surface area (Å²) >= 11 is 0. The summed E-state index contributed by atoms with van der Waals surface area (Å²) in [4.78, 5) is 0. The van der Waals surface area contributed by atoms with Gasteiger partial charge in [0, 0.05) is 0 Å². The fourth-order valence-electron chi connectivity index (χ4n) is 10.1. The van der Waals surface area contributed by atoms with Crippen LogP contribution in [-0.4, -0.2) is 0 Å². The molecule has 0 radical (unpaired) electrons. The standard InChI is InChI=1S/C51H30/c1-2-14-33-31(13-1)26-28-47-49(33)50-42-22-8-7-19-38(42)43(30-48(50)51(47)45-23-11-9-20-40(45)41-21-10-12-24-46(41)51)32-25-27-39-36-17-4-3-15-34(36)35-16-5-6-18-37(35)44(39)29-32/h1-30H. The monoisotopic (exact) mass is 642 g/mol. The van der Waals surface area contributed by atoms with Gasteiger partial charge < -0.3 is 0 Å². The molecule has 2 aliphatic carbocycles. The summed E-state index contributed by atoms with van der Waals surface area (Å²) in [7, 11) is 0. The minimum absolute atomic E-state index is 0.430. The van der Waals surface area contributed by atoms with Gasteiger partial charge in [0.1, 0.15) is 0 Å². The maximum atomic E-state index is 2.57. The third-order valence-corrected chi connectivity index (χ3v) is 12.0. The molecular weight excluding hydrogens is 613 g/mol. The number of hydrogen-bond acceptors (Lipinski definition) is 0. The van der Waals surface area contributed by atoms with Gasteiger partial charge in [0.25, 0.3) is 0 Å². The zero-order valence-electron chi connectivity index (χ0n) is 27.8. The van der Waals surface area contributed by atoms with Crippen LogP contribution in [0.2, 0.25) is 0 Å². The summed E-state index contributed by atoms with van der Waals surface area (Å²) in [6.07, 6.45) is 0. The first-order valence-electron chi connectivity index (χ1n) is 17.9. The minimum Gasteiger partial charge on any atom is -0.0619 e. The highest BCUT2D eigenvalue weighted by atomic mass is 14.5. The van der Waals surface area contributed by atoms with Crippen LogP contribution in [0.1, 0.15) is 22.3 Å². The van der Waals surface area contributed by atoms with Gasteiger partial charge in [-0.3, -0.25) is 0 Å². The summed E-state index contributed by atoms with van der Waals surface area (Å²) in [5.41, 5.74) is 13.0. The van der Waals surface area contributed by atoms with Crippen molar-refractivity contribution in [2.45, 2.75) is 5.41 Å². The highest BCUT2D eigenvalue weighted by molar-refractivity contribution is 6.26. The molecule has 0 nitrogen and oxygen atoms in total. The summed E-state index contributed by atoms with van der Waals surface area (Å²) in [6, 6.07) is 68.6. The van der Waals surface area contributed by atoms with Gasteiger partial charge >= 0.3 is 0 Å². The molecule has 0 saturated heterocycles. The van der Waals surface area contributed by atoms with Crippen molar-refractivity contribution in [1.82, 2.24) is 0 Å². The van der Waals surface area contributed by atoms with Crippen molar-refractivity contribution in [3.63, 3.8) is 0 Å². The van der Waals surface area contributed by atoms with E-state index in [1.165, 1.54) is 109 Å². The lowest BCUT2D eigenvalue weighted by Gasteiger charge is -2.31. The molecule has 0 amide bonds. The summed E-state index contributed by atoms with van der Waals surface area (Å²) in [5, 5.41) is 13.0. The Morgan fingerprint density at radius 2 is 0.745 bits per heavy atom. The van der Waals surface area contributed by atoms with Crippen LogP contribution in [0, 0.1) is 0 Å². The van der Waals surface area contributed by atoms with Crippen LogP contribution in [-0.2, 0) is 5.41 Å². The van der Waals surface area contributed by atoms with Gasteiger partial charge in [-0.25, -0.2) is 0 Å². The fourth-order valence-corrected chi connectivity index (χ4v) is 10.1. The maximum Gasteiger partial charge on any atom is 0.0726 e. The average molecular weight is 643 g/mol. The third-order valence-electron chi connectivity index (χ3n) is 12.0. The molecule has 1 spiro atoms.